The van der Waals surface area contributed by atoms with Crippen molar-refractivity contribution in [3.05, 3.63) is 11.6 Å². The number of piperazine rings is 1. The van der Waals surface area contributed by atoms with Gasteiger partial charge in [-0.05, 0) is 32.8 Å². The maximum atomic E-state index is 12.8. The molecule has 2 bridgehead atoms. The van der Waals surface area contributed by atoms with Crippen molar-refractivity contribution in [2.45, 2.75) is 56.1 Å². The van der Waals surface area contributed by atoms with Crippen LogP contribution in [0.5, 0.6) is 0 Å². The molecule has 0 aromatic rings. The lowest BCUT2D eigenvalue weighted by Crippen LogP contribution is -2.82. The molecule has 4 atom stereocenters. The molecule has 0 aromatic carbocycles. The van der Waals surface area contributed by atoms with E-state index in [4.69, 9.17) is 14.2 Å². The van der Waals surface area contributed by atoms with Gasteiger partial charge in [0, 0.05) is 5.33 Å². The molecule has 4 aliphatic heterocycles. The highest BCUT2D eigenvalue weighted by molar-refractivity contribution is 9.09. The molecule has 4 heterocycles. The Hall–Kier alpha value is -1.04. The summed E-state index contributed by atoms with van der Waals surface area (Å²) >= 11 is 3.21. The minimum atomic E-state index is -2.19. The molecular formula is C16H23BrN2O7. The molecule has 0 saturated carbocycles. The van der Waals surface area contributed by atoms with Gasteiger partial charge >= 0.3 is 0 Å². The van der Waals surface area contributed by atoms with Gasteiger partial charge in [-0.25, -0.2) is 0 Å². The maximum absolute atomic E-state index is 12.8. The van der Waals surface area contributed by atoms with Crippen molar-refractivity contribution in [1.82, 2.24) is 10.6 Å². The summed E-state index contributed by atoms with van der Waals surface area (Å²) in [6, 6.07) is 0. The number of allylic oxidation sites excluding steroid dienone is 1. The van der Waals surface area contributed by atoms with Crippen LogP contribution in [-0.4, -0.2) is 69.5 Å². The molecule has 4 saturated heterocycles. The average molecular weight is 435 g/mol. The van der Waals surface area contributed by atoms with Gasteiger partial charge in [0.05, 0.1) is 13.2 Å². The highest BCUT2D eigenvalue weighted by atomic mass is 79.9. The minimum absolute atomic E-state index is 0.00552. The number of rotatable bonds is 3. The Labute approximate surface area is 159 Å². The van der Waals surface area contributed by atoms with E-state index in [0.29, 0.717) is 10.9 Å². The molecule has 0 radical (unpaired) electrons. The summed E-state index contributed by atoms with van der Waals surface area (Å²) in [7, 11) is 0. The zero-order chi connectivity index (χ0) is 19.4. The summed E-state index contributed by atoms with van der Waals surface area (Å²) in [5, 5.41) is 26.8. The standard InChI is InChI=1S/C16H23BrN2O7/c1-13(2)25-8-14(3,26-13)10(20)16-12(22)18-15(23,11(21)19-16)9(4-6-17)5-7-24-16/h4,10,20,23H,5-8H2,1-3H3,(H,18,22)(H,19,21)/b9-4+/t10-,14+,15-,16+/m1/s1. The van der Waals surface area contributed by atoms with Gasteiger partial charge < -0.3 is 35.1 Å². The van der Waals surface area contributed by atoms with Gasteiger partial charge in [-0.3, -0.25) is 9.59 Å². The van der Waals surface area contributed by atoms with Gasteiger partial charge in [-0.2, -0.15) is 0 Å². The molecule has 10 heteroatoms. The predicted octanol–water partition coefficient (Wildman–Crippen LogP) is -0.739. The summed E-state index contributed by atoms with van der Waals surface area (Å²) in [6.07, 6.45) is 0.214. The third-order valence-corrected chi connectivity index (χ3v) is 5.22. The van der Waals surface area contributed by atoms with E-state index in [1.54, 1.807) is 26.8 Å². The lowest BCUT2D eigenvalue weighted by molar-refractivity contribution is -0.240. The number of ether oxygens (including phenoxy) is 3. The quantitative estimate of drug-likeness (QED) is 0.340. The summed E-state index contributed by atoms with van der Waals surface area (Å²) < 4.78 is 17.0. The Morgan fingerprint density at radius 3 is 2.50 bits per heavy atom. The largest absolute Gasteiger partial charge is 0.384 e. The molecule has 26 heavy (non-hydrogen) atoms. The van der Waals surface area contributed by atoms with Gasteiger partial charge in [0.25, 0.3) is 17.5 Å². The van der Waals surface area contributed by atoms with Crippen LogP contribution in [0.2, 0.25) is 0 Å². The molecule has 9 nitrogen and oxygen atoms in total. The normalized spacial score (nSPS) is 42.2. The minimum Gasteiger partial charge on any atom is -0.384 e. The molecule has 0 spiro atoms. The Kier molecular flexibility index (Phi) is 4.74. The van der Waals surface area contributed by atoms with E-state index in [9.17, 15) is 19.8 Å². The van der Waals surface area contributed by atoms with Crippen LogP contribution < -0.4 is 10.6 Å². The number of aliphatic hydroxyl groups is 2. The summed E-state index contributed by atoms with van der Waals surface area (Å²) in [5.41, 5.74) is -5.29. The first-order valence-corrected chi connectivity index (χ1v) is 9.40. The summed E-state index contributed by atoms with van der Waals surface area (Å²) in [6.45, 7) is 4.93. The van der Waals surface area contributed by atoms with Gasteiger partial charge in [0.1, 0.15) is 11.7 Å². The van der Waals surface area contributed by atoms with E-state index in [-0.39, 0.29) is 19.6 Å². The SMILES string of the molecule is CC1(C)OC[C@@](C)([C@@H](O)[C@@]23NC(=O)[C@@](O)(NC2=O)/C(=C/CBr)CCO3)O1. The Morgan fingerprint density at radius 1 is 1.23 bits per heavy atom. The molecule has 4 fully saturated rings. The third kappa shape index (κ3) is 2.88. The van der Waals surface area contributed by atoms with E-state index >= 15 is 0 Å². The molecule has 4 aliphatic rings. The fraction of sp³-hybridized carbons (Fsp3) is 0.750. The van der Waals surface area contributed by atoms with Crippen LogP contribution >= 0.6 is 15.9 Å². The predicted molar refractivity (Wildman–Crippen MR) is 91.9 cm³/mol. The molecule has 146 valence electrons. The van der Waals surface area contributed by atoms with Crippen molar-refractivity contribution < 1.29 is 34.0 Å². The first-order valence-electron chi connectivity index (χ1n) is 8.28. The number of nitrogens with one attached hydrogen (secondary N) is 2. The van der Waals surface area contributed by atoms with Crippen LogP contribution in [0, 0.1) is 0 Å². The van der Waals surface area contributed by atoms with Crippen molar-refractivity contribution >= 4 is 27.7 Å². The van der Waals surface area contributed by atoms with Crippen molar-refractivity contribution in [3.8, 4) is 0 Å². The number of amides is 2. The zero-order valence-corrected chi connectivity index (χ0v) is 16.4. The number of aliphatic hydroxyl groups excluding tert-OH is 1. The second kappa shape index (κ2) is 6.25. The number of halogens is 1. The van der Waals surface area contributed by atoms with Crippen LogP contribution in [-0.2, 0) is 23.8 Å². The van der Waals surface area contributed by atoms with Crippen LogP contribution in [0.25, 0.3) is 0 Å². The first kappa shape index (κ1) is 19.7. The number of alkyl halides is 1. The van der Waals surface area contributed by atoms with E-state index in [1.807, 2.05) is 0 Å². The van der Waals surface area contributed by atoms with Gasteiger partial charge in [-0.1, -0.05) is 22.0 Å². The number of carbonyl (C=O) groups excluding carboxylic acids is 2. The van der Waals surface area contributed by atoms with Crippen LogP contribution in [0.15, 0.2) is 11.6 Å². The topological polar surface area (TPSA) is 126 Å². The van der Waals surface area contributed by atoms with Crippen LogP contribution in [0.1, 0.15) is 27.2 Å². The molecule has 0 aliphatic carbocycles. The van der Waals surface area contributed by atoms with Gasteiger partial charge in [0.2, 0.25) is 5.72 Å². The number of hydrogen-bond acceptors (Lipinski definition) is 7. The van der Waals surface area contributed by atoms with Gasteiger partial charge in [0.15, 0.2) is 5.79 Å². The number of fused-ring (bicyclic) bond motifs is 5. The lowest BCUT2D eigenvalue weighted by atomic mass is 9.84. The molecule has 4 rings (SSSR count). The van der Waals surface area contributed by atoms with E-state index in [1.165, 1.54) is 0 Å². The molecule has 4 N–H and O–H groups in total. The van der Waals surface area contributed by atoms with E-state index < -0.39 is 40.8 Å². The van der Waals surface area contributed by atoms with E-state index in [2.05, 4.69) is 26.6 Å². The summed E-state index contributed by atoms with van der Waals surface area (Å²) in [4.78, 5) is 25.5. The average Bonchev–Trinajstić information content (AvgIpc) is 2.84. The van der Waals surface area contributed by atoms with Crippen molar-refractivity contribution in [3.63, 3.8) is 0 Å². The second-order valence-electron chi connectivity index (χ2n) is 7.34. The molecule has 0 aromatic heterocycles. The van der Waals surface area contributed by atoms with Crippen molar-refractivity contribution in [2.75, 3.05) is 18.5 Å². The highest BCUT2D eigenvalue weighted by Gasteiger charge is 2.65. The Morgan fingerprint density at radius 2 is 1.92 bits per heavy atom. The Balaban J connectivity index is 1.98. The molecule has 2 amide bonds. The van der Waals surface area contributed by atoms with Crippen LogP contribution in [0.4, 0.5) is 0 Å². The fourth-order valence-corrected chi connectivity index (χ4v) is 3.97. The maximum Gasteiger partial charge on any atom is 0.280 e. The third-order valence-electron chi connectivity index (χ3n) is 4.90. The van der Waals surface area contributed by atoms with E-state index in [0.717, 1.165) is 0 Å². The van der Waals surface area contributed by atoms with Crippen molar-refractivity contribution in [1.29, 1.82) is 0 Å². The van der Waals surface area contributed by atoms with Crippen LogP contribution in [0.3, 0.4) is 0 Å². The molecule has 0 unspecified atom stereocenters. The Bertz CT molecular complexity index is 669. The lowest BCUT2D eigenvalue weighted by Gasteiger charge is -2.50. The zero-order valence-electron chi connectivity index (χ0n) is 14.8. The summed E-state index contributed by atoms with van der Waals surface area (Å²) in [5.74, 6) is -2.71. The second-order valence-corrected chi connectivity index (χ2v) is 7.99. The highest BCUT2D eigenvalue weighted by Crippen LogP contribution is 2.40. The number of hydrogen-bond donors (Lipinski definition) is 4. The number of carbonyl (C=O) groups is 2. The van der Waals surface area contributed by atoms with Gasteiger partial charge in [-0.15, -0.1) is 0 Å². The van der Waals surface area contributed by atoms with Crippen molar-refractivity contribution in [2.24, 2.45) is 0 Å². The fourth-order valence-electron chi connectivity index (χ4n) is 3.58. The first-order chi connectivity index (χ1) is 12.0. The smallest absolute Gasteiger partial charge is 0.280 e. The molecular weight excluding hydrogens is 412 g/mol. The monoisotopic (exact) mass is 434 g/mol.